The van der Waals surface area contributed by atoms with Gasteiger partial charge >= 0.3 is 6.09 Å². The molecule has 2 N–H and O–H groups in total. The van der Waals surface area contributed by atoms with E-state index in [2.05, 4.69) is 6.58 Å². The summed E-state index contributed by atoms with van der Waals surface area (Å²) in [7, 11) is 0. The standard InChI is InChI=1S/C9H14N2O3/c1-2-5-14-9(13)11-4-3-7(6-11)8(10)12/h2,7H,1,3-6H2,(H2,10,12). The third kappa shape index (κ3) is 2.48. The van der Waals surface area contributed by atoms with Crippen LogP contribution >= 0.6 is 0 Å². The summed E-state index contributed by atoms with van der Waals surface area (Å²) in [4.78, 5) is 23.6. The molecule has 0 aromatic heterocycles. The first-order chi connectivity index (χ1) is 6.65. The van der Waals surface area contributed by atoms with Crippen LogP contribution in [0.4, 0.5) is 4.79 Å². The van der Waals surface area contributed by atoms with Gasteiger partial charge in [0.05, 0.1) is 5.92 Å². The Balaban J connectivity index is 2.37. The fraction of sp³-hybridized carbons (Fsp3) is 0.556. The van der Waals surface area contributed by atoms with E-state index in [0.29, 0.717) is 19.5 Å². The van der Waals surface area contributed by atoms with E-state index in [9.17, 15) is 9.59 Å². The summed E-state index contributed by atoms with van der Waals surface area (Å²) in [5, 5.41) is 0. The number of carbonyl (C=O) groups excluding carboxylic acids is 2. The molecule has 5 nitrogen and oxygen atoms in total. The average Bonchev–Trinajstić information content (AvgIpc) is 2.62. The quantitative estimate of drug-likeness (QED) is 0.654. The molecule has 14 heavy (non-hydrogen) atoms. The van der Waals surface area contributed by atoms with Gasteiger partial charge in [0.15, 0.2) is 0 Å². The van der Waals surface area contributed by atoms with Crippen LogP contribution in [-0.2, 0) is 9.53 Å². The van der Waals surface area contributed by atoms with Crippen molar-refractivity contribution in [3.63, 3.8) is 0 Å². The van der Waals surface area contributed by atoms with Crippen LogP contribution in [0.15, 0.2) is 12.7 Å². The molecule has 1 saturated heterocycles. The average molecular weight is 198 g/mol. The van der Waals surface area contributed by atoms with Gasteiger partial charge in [0.25, 0.3) is 0 Å². The number of nitrogens with zero attached hydrogens (tertiary/aromatic N) is 1. The molecule has 0 saturated carbocycles. The topological polar surface area (TPSA) is 72.6 Å². The number of amides is 2. The molecule has 0 aromatic carbocycles. The van der Waals surface area contributed by atoms with Crippen LogP contribution in [0, 0.1) is 5.92 Å². The second kappa shape index (κ2) is 4.64. The minimum atomic E-state index is -0.409. The third-order valence-electron chi connectivity index (χ3n) is 2.17. The highest BCUT2D eigenvalue weighted by molar-refractivity contribution is 5.78. The highest BCUT2D eigenvalue weighted by Gasteiger charge is 2.30. The van der Waals surface area contributed by atoms with Crippen LogP contribution in [0.1, 0.15) is 6.42 Å². The summed E-state index contributed by atoms with van der Waals surface area (Å²) in [6.07, 6.45) is 1.71. The first-order valence-corrected chi connectivity index (χ1v) is 4.47. The van der Waals surface area contributed by atoms with Gasteiger partial charge in [-0.1, -0.05) is 12.7 Å². The van der Waals surface area contributed by atoms with E-state index in [4.69, 9.17) is 10.5 Å². The summed E-state index contributed by atoms with van der Waals surface area (Å²) in [5.74, 6) is -0.588. The number of nitrogens with two attached hydrogens (primary N) is 1. The molecule has 5 heteroatoms. The van der Waals surface area contributed by atoms with E-state index in [1.54, 1.807) is 0 Å². The summed E-state index contributed by atoms with van der Waals surface area (Å²) in [6.45, 7) is 4.52. The maximum Gasteiger partial charge on any atom is 0.410 e. The van der Waals surface area contributed by atoms with E-state index in [-0.39, 0.29) is 18.4 Å². The first-order valence-electron chi connectivity index (χ1n) is 4.47. The van der Waals surface area contributed by atoms with Crippen molar-refractivity contribution in [2.45, 2.75) is 6.42 Å². The Hall–Kier alpha value is -1.52. The number of hydrogen-bond donors (Lipinski definition) is 1. The van der Waals surface area contributed by atoms with Crippen molar-refractivity contribution in [1.82, 2.24) is 4.90 Å². The molecule has 2 amide bonds. The Bertz CT molecular complexity index is 252. The number of carbonyl (C=O) groups is 2. The van der Waals surface area contributed by atoms with E-state index in [0.717, 1.165) is 0 Å². The van der Waals surface area contributed by atoms with Crippen LogP contribution in [0.25, 0.3) is 0 Å². The lowest BCUT2D eigenvalue weighted by Crippen LogP contribution is -2.32. The molecule has 0 spiro atoms. The van der Waals surface area contributed by atoms with Gasteiger partial charge in [-0.15, -0.1) is 0 Å². The van der Waals surface area contributed by atoms with Crippen molar-refractivity contribution in [3.05, 3.63) is 12.7 Å². The van der Waals surface area contributed by atoms with Gasteiger partial charge < -0.3 is 15.4 Å². The Morgan fingerprint density at radius 2 is 2.36 bits per heavy atom. The second-order valence-corrected chi connectivity index (χ2v) is 3.20. The zero-order chi connectivity index (χ0) is 10.6. The number of hydrogen-bond acceptors (Lipinski definition) is 3. The Labute approximate surface area is 82.5 Å². The Morgan fingerprint density at radius 3 is 2.86 bits per heavy atom. The highest BCUT2D eigenvalue weighted by atomic mass is 16.6. The van der Waals surface area contributed by atoms with Crippen molar-refractivity contribution in [1.29, 1.82) is 0 Å². The van der Waals surface area contributed by atoms with Crippen LogP contribution in [0.5, 0.6) is 0 Å². The third-order valence-corrected chi connectivity index (χ3v) is 2.17. The molecule has 1 rings (SSSR count). The van der Waals surface area contributed by atoms with Crippen LogP contribution < -0.4 is 5.73 Å². The molecule has 1 atom stereocenters. The predicted molar refractivity (Wildman–Crippen MR) is 50.4 cm³/mol. The monoisotopic (exact) mass is 198 g/mol. The Kier molecular flexibility index (Phi) is 3.50. The number of likely N-dealkylation sites (tertiary alicyclic amines) is 1. The van der Waals surface area contributed by atoms with Gasteiger partial charge in [0, 0.05) is 13.1 Å². The van der Waals surface area contributed by atoms with E-state index in [1.165, 1.54) is 11.0 Å². The van der Waals surface area contributed by atoms with E-state index < -0.39 is 6.09 Å². The largest absolute Gasteiger partial charge is 0.445 e. The smallest absolute Gasteiger partial charge is 0.410 e. The lowest BCUT2D eigenvalue weighted by Gasteiger charge is -2.14. The number of rotatable bonds is 3. The second-order valence-electron chi connectivity index (χ2n) is 3.20. The highest BCUT2D eigenvalue weighted by Crippen LogP contribution is 2.16. The Morgan fingerprint density at radius 1 is 1.64 bits per heavy atom. The van der Waals surface area contributed by atoms with E-state index in [1.807, 2.05) is 0 Å². The van der Waals surface area contributed by atoms with Gasteiger partial charge in [-0.25, -0.2) is 4.79 Å². The van der Waals surface area contributed by atoms with Crippen molar-refractivity contribution >= 4 is 12.0 Å². The van der Waals surface area contributed by atoms with Gasteiger partial charge in [0.2, 0.25) is 5.91 Å². The predicted octanol–water partition coefficient (Wildman–Crippen LogP) is 0.116. The fourth-order valence-electron chi connectivity index (χ4n) is 1.38. The van der Waals surface area contributed by atoms with Gasteiger partial charge in [-0.05, 0) is 6.42 Å². The maximum absolute atomic E-state index is 11.3. The van der Waals surface area contributed by atoms with Crippen LogP contribution in [0.2, 0.25) is 0 Å². The molecular weight excluding hydrogens is 184 g/mol. The molecule has 0 aromatic rings. The molecule has 1 unspecified atom stereocenters. The SMILES string of the molecule is C=CCOC(=O)N1CCC(C(N)=O)C1. The maximum atomic E-state index is 11.3. The number of ether oxygens (including phenoxy) is 1. The molecule has 0 bridgehead atoms. The van der Waals surface area contributed by atoms with Crippen molar-refractivity contribution in [3.8, 4) is 0 Å². The molecule has 1 heterocycles. The lowest BCUT2D eigenvalue weighted by molar-refractivity contribution is -0.121. The van der Waals surface area contributed by atoms with Crippen molar-refractivity contribution in [2.75, 3.05) is 19.7 Å². The van der Waals surface area contributed by atoms with Crippen molar-refractivity contribution < 1.29 is 14.3 Å². The summed E-state index contributed by atoms with van der Waals surface area (Å²) >= 11 is 0. The molecule has 0 radical (unpaired) electrons. The summed E-state index contributed by atoms with van der Waals surface area (Å²) < 4.78 is 4.82. The molecule has 78 valence electrons. The van der Waals surface area contributed by atoms with Gasteiger partial charge in [-0.3, -0.25) is 4.79 Å². The minimum absolute atomic E-state index is 0.191. The minimum Gasteiger partial charge on any atom is -0.445 e. The summed E-state index contributed by atoms with van der Waals surface area (Å²) in [5.41, 5.74) is 5.13. The molecule has 1 aliphatic rings. The molecule has 0 aliphatic carbocycles. The molecule has 1 aliphatic heterocycles. The van der Waals surface area contributed by atoms with Crippen molar-refractivity contribution in [2.24, 2.45) is 11.7 Å². The van der Waals surface area contributed by atoms with Gasteiger partial charge in [0.1, 0.15) is 6.61 Å². The number of primary amides is 1. The fourth-order valence-corrected chi connectivity index (χ4v) is 1.38. The van der Waals surface area contributed by atoms with Crippen LogP contribution in [-0.4, -0.2) is 36.6 Å². The van der Waals surface area contributed by atoms with Gasteiger partial charge in [-0.2, -0.15) is 0 Å². The molecular formula is C9H14N2O3. The van der Waals surface area contributed by atoms with Crippen LogP contribution in [0.3, 0.4) is 0 Å². The summed E-state index contributed by atoms with van der Waals surface area (Å²) in [6, 6.07) is 0. The zero-order valence-corrected chi connectivity index (χ0v) is 7.94. The van der Waals surface area contributed by atoms with E-state index >= 15 is 0 Å². The lowest BCUT2D eigenvalue weighted by atomic mass is 10.1. The normalized spacial score (nSPS) is 20.6. The zero-order valence-electron chi connectivity index (χ0n) is 7.94. The first kappa shape index (κ1) is 10.6. The molecule has 1 fully saturated rings.